The molecule has 1 aliphatic carbocycles. The molecule has 1 saturated carbocycles. The van der Waals surface area contributed by atoms with E-state index >= 15 is 0 Å². The molecule has 0 spiro atoms. The average Bonchev–Trinajstić information content (AvgIpc) is 3.23. The van der Waals surface area contributed by atoms with Crippen molar-refractivity contribution in [3.05, 3.63) is 0 Å². The van der Waals surface area contributed by atoms with Crippen LogP contribution in [0, 0.1) is 23.7 Å². The van der Waals surface area contributed by atoms with E-state index < -0.39 is 12.2 Å². The number of hydroxylamine groups is 1. The number of carbonyl (C=O) groups excluding carboxylic acids is 1. The lowest BCUT2D eigenvalue weighted by atomic mass is 9.68. The van der Waals surface area contributed by atoms with Crippen molar-refractivity contribution in [2.75, 3.05) is 26.2 Å². The van der Waals surface area contributed by atoms with E-state index in [1.54, 1.807) is 0 Å². The minimum Gasteiger partial charge on any atom is -0.331 e. The molecule has 8 unspecified atom stereocenters. The van der Waals surface area contributed by atoms with Crippen LogP contribution in [0.4, 0.5) is 18.0 Å². The number of hydrogen-bond donors (Lipinski definition) is 5. The summed E-state index contributed by atoms with van der Waals surface area (Å²) >= 11 is 0. The van der Waals surface area contributed by atoms with Crippen molar-refractivity contribution in [2.24, 2.45) is 23.7 Å². The highest BCUT2D eigenvalue weighted by Crippen LogP contribution is 2.41. The fraction of sp³-hybridized carbons (Fsp3) is 0.963. The summed E-state index contributed by atoms with van der Waals surface area (Å²) in [7, 11) is 0. The third-order valence-electron chi connectivity index (χ3n) is 10.1. The van der Waals surface area contributed by atoms with E-state index in [2.05, 4.69) is 26.7 Å². The number of halogens is 3. The summed E-state index contributed by atoms with van der Waals surface area (Å²) < 4.78 is 41.0. The van der Waals surface area contributed by atoms with Gasteiger partial charge in [-0.05, 0) is 63.8 Å². The molecule has 4 aliphatic heterocycles. The van der Waals surface area contributed by atoms with Gasteiger partial charge in [-0.1, -0.05) is 32.1 Å². The van der Waals surface area contributed by atoms with Gasteiger partial charge in [-0.25, -0.2) is 4.79 Å². The number of nitrogens with zero attached hydrogens (tertiary/aromatic N) is 1. The fourth-order valence-corrected chi connectivity index (χ4v) is 7.72. The van der Waals surface area contributed by atoms with Crippen molar-refractivity contribution in [3.8, 4) is 0 Å². The fourth-order valence-electron chi connectivity index (χ4n) is 7.72. The predicted molar refractivity (Wildman–Crippen MR) is 139 cm³/mol. The van der Waals surface area contributed by atoms with E-state index in [-0.39, 0.29) is 54.7 Å². The Morgan fingerprint density at radius 3 is 2.39 bits per heavy atom. The Labute approximate surface area is 224 Å². The van der Waals surface area contributed by atoms with Crippen LogP contribution in [0.2, 0.25) is 0 Å². The molecule has 4 saturated heterocycles. The molecule has 0 aromatic carbocycles. The maximum Gasteiger partial charge on any atom is 0.403 e. The first-order valence-electron chi connectivity index (χ1n) is 15.0. The van der Waals surface area contributed by atoms with Gasteiger partial charge < -0.3 is 26.2 Å². The van der Waals surface area contributed by atoms with Gasteiger partial charge in [0.2, 0.25) is 0 Å². The zero-order valence-corrected chi connectivity index (χ0v) is 22.9. The van der Waals surface area contributed by atoms with Gasteiger partial charge in [0.1, 0.15) is 6.04 Å². The molecule has 5 fully saturated rings. The van der Waals surface area contributed by atoms with Gasteiger partial charge in [0.05, 0.1) is 24.4 Å². The van der Waals surface area contributed by atoms with Gasteiger partial charge in [-0.2, -0.15) is 18.7 Å². The van der Waals surface area contributed by atoms with E-state index in [4.69, 9.17) is 4.84 Å². The number of likely N-dealkylation sites (tertiary alicyclic amines) is 1. The number of piperidine rings is 3. The lowest BCUT2D eigenvalue weighted by Gasteiger charge is -2.52. The summed E-state index contributed by atoms with van der Waals surface area (Å²) in [4.78, 5) is 20.1. The number of hydrogen-bond acceptors (Lipinski definition) is 6. The first-order valence-corrected chi connectivity index (χ1v) is 15.0. The molecule has 11 heteroatoms. The van der Waals surface area contributed by atoms with Gasteiger partial charge in [0.15, 0.2) is 0 Å². The number of rotatable bonds is 5. The molecule has 38 heavy (non-hydrogen) atoms. The molecule has 5 aliphatic rings. The van der Waals surface area contributed by atoms with Crippen LogP contribution in [0.3, 0.4) is 0 Å². The molecular formula is C27H47F3N6O2. The Balaban J connectivity index is 1.12. The Bertz CT molecular complexity index is 779. The SMILES string of the molecule is CC1NOC(C)C1NC(=O)N1CCC(CNC2NCC(C3CCCCC3)C3NC(C(F)(F)F)CCC23)CC1. The lowest BCUT2D eigenvalue weighted by Crippen LogP contribution is -2.69. The minimum absolute atomic E-state index is 0.0284. The molecule has 0 radical (unpaired) electrons. The van der Waals surface area contributed by atoms with Crippen LogP contribution < -0.4 is 26.7 Å². The smallest absolute Gasteiger partial charge is 0.331 e. The monoisotopic (exact) mass is 544 g/mol. The van der Waals surface area contributed by atoms with Crippen molar-refractivity contribution >= 4 is 6.03 Å². The van der Waals surface area contributed by atoms with Crippen molar-refractivity contribution in [2.45, 2.75) is 114 Å². The summed E-state index contributed by atoms with van der Waals surface area (Å²) in [5.41, 5.74) is 2.93. The van der Waals surface area contributed by atoms with Crippen molar-refractivity contribution < 1.29 is 22.8 Å². The summed E-state index contributed by atoms with van der Waals surface area (Å²) in [6, 6.07) is -1.50. The first-order chi connectivity index (χ1) is 18.2. The Kier molecular flexibility index (Phi) is 9.09. The van der Waals surface area contributed by atoms with Crippen LogP contribution in [0.15, 0.2) is 0 Å². The topological polar surface area (TPSA) is 89.7 Å². The van der Waals surface area contributed by atoms with Crippen LogP contribution in [0.5, 0.6) is 0 Å². The van der Waals surface area contributed by atoms with Crippen molar-refractivity contribution in [1.29, 1.82) is 0 Å². The van der Waals surface area contributed by atoms with Gasteiger partial charge >= 0.3 is 12.2 Å². The van der Waals surface area contributed by atoms with Crippen LogP contribution in [0.25, 0.3) is 0 Å². The van der Waals surface area contributed by atoms with Gasteiger partial charge in [0.25, 0.3) is 0 Å². The molecule has 4 heterocycles. The number of amides is 2. The molecule has 8 nitrogen and oxygen atoms in total. The van der Waals surface area contributed by atoms with Crippen LogP contribution in [-0.2, 0) is 4.84 Å². The zero-order valence-electron chi connectivity index (χ0n) is 22.9. The highest BCUT2D eigenvalue weighted by molar-refractivity contribution is 5.74. The molecular weight excluding hydrogens is 497 g/mol. The molecule has 5 N–H and O–H groups in total. The van der Waals surface area contributed by atoms with Crippen LogP contribution in [-0.4, -0.2) is 79.7 Å². The standard InChI is InChI=1S/C27H47F3N6O2/c1-16-23(17(2)38-35-16)34-26(37)36-12-10-18(11-13-36)14-31-25-20-8-9-22(27(28,29)30)33-24(20)21(15-32-25)19-6-4-3-5-7-19/h16-25,31-33,35H,3-15H2,1-2H3,(H,34,37). The van der Waals surface area contributed by atoms with Crippen LogP contribution in [0.1, 0.15) is 71.6 Å². The minimum atomic E-state index is -4.19. The zero-order chi connectivity index (χ0) is 26.9. The maximum atomic E-state index is 13.7. The van der Waals surface area contributed by atoms with E-state index in [1.165, 1.54) is 19.3 Å². The van der Waals surface area contributed by atoms with E-state index in [0.717, 1.165) is 38.8 Å². The summed E-state index contributed by atoms with van der Waals surface area (Å²) in [6.07, 6.45) is 4.27. The number of fused-ring (bicyclic) bond motifs is 1. The summed E-state index contributed by atoms with van der Waals surface area (Å²) in [5.74, 6) is 1.38. The molecule has 218 valence electrons. The average molecular weight is 545 g/mol. The number of urea groups is 1. The molecule has 0 aromatic rings. The van der Waals surface area contributed by atoms with E-state index in [0.29, 0.717) is 31.3 Å². The van der Waals surface area contributed by atoms with Crippen LogP contribution >= 0.6 is 0 Å². The second-order valence-electron chi connectivity index (χ2n) is 12.5. The van der Waals surface area contributed by atoms with Crippen molar-refractivity contribution in [3.63, 3.8) is 0 Å². The largest absolute Gasteiger partial charge is 0.403 e. The number of carbonyl (C=O) groups is 1. The molecule has 0 bridgehead atoms. The predicted octanol–water partition coefficient (Wildman–Crippen LogP) is 3.10. The second kappa shape index (κ2) is 12.2. The molecule has 2 amide bonds. The second-order valence-corrected chi connectivity index (χ2v) is 12.5. The van der Waals surface area contributed by atoms with Gasteiger partial charge in [-0.3, -0.25) is 4.84 Å². The third-order valence-corrected chi connectivity index (χ3v) is 10.1. The first kappa shape index (κ1) is 28.4. The van der Waals surface area contributed by atoms with Crippen molar-refractivity contribution in [1.82, 2.24) is 31.6 Å². The van der Waals surface area contributed by atoms with E-state index in [9.17, 15) is 18.0 Å². The highest BCUT2D eigenvalue weighted by atomic mass is 19.4. The third kappa shape index (κ3) is 6.43. The highest BCUT2D eigenvalue weighted by Gasteiger charge is 2.51. The quantitative estimate of drug-likeness (QED) is 0.366. The van der Waals surface area contributed by atoms with Gasteiger partial charge in [-0.15, -0.1) is 0 Å². The molecule has 8 atom stereocenters. The lowest BCUT2D eigenvalue weighted by molar-refractivity contribution is -0.171. The normalized spacial score (nSPS) is 39.7. The molecule has 0 aromatic heterocycles. The molecule has 5 rings (SSSR count). The maximum absolute atomic E-state index is 13.7. The Hall–Kier alpha value is -1.14. The van der Waals surface area contributed by atoms with Gasteiger partial charge in [0, 0.05) is 31.6 Å². The summed E-state index contributed by atoms with van der Waals surface area (Å²) in [5, 5.41) is 13.6. The Morgan fingerprint density at radius 1 is 1.00 bits per heavy atom. The number of alkyl halides is 3. The summed E-state index contributed by atoms with van der Waals surface area (Å²) in [6.45, 7) is 6.97. The number of nitrogens with one attached hydrogen (secondary N) is 5. The van der Waals surface area contributed by atoms with E-state index in [1.807, 2.05) is 18.7 Å². The Morgan fingerprint density at radius 2 is 1.74 bits per heavy atom.